The molecule has 1 amide bonds. The number of hydrogen-bond acceptors (Lipinski definition) is 6. The van der Waals surface area contributed by atoms with Gasteiger partial charge in [0.25, 0.3) is 5.56 Å². The van der Waals surface area contributed by atoms with E-state index in [0.717, 1.165) is 23.5 Å². The average Bonchev–Trinajstić information content (AvgIpc) is 3.29. The lowest BCUT2D eigenvalue weighted by Crippen LogP contribution is -2.46. The second-order valence-corrected chi connectivity index (χ2v) is 7.48. The molecule has 1 spiro atoms. The number of rotatable bonds is 2. The molecule has 5 rings (SSSR count). The molecule has 9 heteroatoms. The van der Waals surface area contributed by atoms with Crippen molar-refractivity contribution >= 4 is 16.7 Å². The van der Waals surface area contributed by atoms with Crippen LogP contribution in [0.2, 0.25) is 0 Å². The van der Waals surface area contributed by atoms with E-state index < -0.39 is 5.60 Å². The van der Waals surface area contributed by atoms with E-state index in [0.29, 0.717) is 31.6 Å². The van der Waals surface area contributed by atoms with Gasteiger partial charge in [0.2, 0.25) is 5.91 Å². The first-order valence-electron chi connectivity index (χ1n) is 9.30. The molecule has 28 heavy (non-hydrogen) atoms. The van der Waals surface area contributed by atoms with Gasteiger partial charge in [0, 0.05) is 11.9 Å². The maximum atomic E-state index is 12.8. The molecule has 0 N–H and O–H groups in total. The number of benzene rings is 1. The Bertz CT molecular complexity index is 1140. The summed E-state index contributed by atoms with van der Waals surface area (Å²) in [5.74, 6) is 1.55. The first kappa shape index (κ1) is 17.1. The van der Waals surface area contributed by atoms with Crippen LogP contribution in [0.15, 0.2) is 35.3 Å². The molecule has 0 bridgehead atoms. The monoisotopic (exact) mass is 380 g/mol. The van der Waals surface area contributed by atoms with Crippen molar-refractivity contribution in [3.05, 3.63) is 52.5 Å². The minimum Gasteiger partial charge on any atom is -0.363 e. The topological polar surface area (TPSA) is 95.1 Å². The van der Waals surface area contributed by atoms with E-state index >= 15 is 0 Å². The Hall–Kier alpha value is -3.07. The summed E-state index contributed by atoms with van der Waals surface area (Å²) in [7, 11) is 0. The molecule has 0 radical (unpaired) electrons. The summed E-state index contributed by atoms with van der Waals surface area (Å²) in [5.41, 5.74) is -0.670. The van der Waals surface area contributed by atoms with Crippen LogP contribution in [0.4, 0.5) is 0 Å². The number of nitrogens with zero attached hydrogens (tertiary/aromatic N) is 6. The maximum absolute atomic E-state index is 12.8. The zero-order valence-electron chi connectivity index (χ0n) is 15.5. The molecular weight excluding hydrogens is 360 g/mol. The molecule has 2 aliphatic heterocycles. The number of fused-ring (bicyclic) bond motifs is 2. The predicted molar refractivity (Wildman–Crippen MR) is 99.5 cm³/mol. The molecule has 0 saturated carbocycles. The molecule has 9 nitrogen and oxygen atoms in total. The summed E-state index contributed by atoms with van der Waals surface area (Å²) >= 11 is 0. The Balaban J connectivity index is 1.33. The van der Waals surface area contributed by atoms with E-state index in [2.05, 4.69) is 19.9 Å². The molecule has 2 aromatic heterocycles. The SMILES string of the molecule is Cc1nnc2n1CC1(CCN(C(=O)Cn3ncc4ccccc4c3=O)C1)OC2. The number of ether oxygens (including phenoxy) is 1. The molecule has 2 aliphatic rings. The third-order valence-corrected chi connectivity index (χ3v) is 5.68. The standard InChI is InChI=1S/C19H20N6O3/c1-13-21-22-16-10-28-19(12-24(13)16)6-7-23(11-19)17(26)9-25-18(27)15-5-3-2-4-14(15)8-20-25/h2-5,8H,6-7,9-12H2,1H3. The molecule has 1 aromatic carbocycles. The summed E-state index contributed by atoms with van der Waals surface area (Å²) in [6.45, 7) is 3.97. The van der Waals surface area contributed by atoms with Gasteiger partial charge < -0.3 is 14.2 Å². The first-order chi connectivity index (χ1) is 13.5. The van der Waals surface area contributed by atoms with Crippen LogP contribution < -0.4 is 5.56 Å². The highest BCUT2D eigenvalue weighted by atomic mass is 16.5. The number of aromatic nitrogens is 5. The van der Waals surface area contributed by atoms with Gasteiger partial charge in [-0.15, -0.1) is 10.2 Å². The van der Waals surface area contributed by atoms with E-state index in [9.17, 15) is 9.59 Å². The van der Waals surface area contributed by atoms with Gasteiger partial charge in [-0.05, 0) is 19.4 Å². The highest BCUT2D eigenvalue weighted by molar-refractivity contribution is 5.81. The Morgan fingerprint density at radius 1 is 1.25 bits per heavy atom. The summed E-state index contributed by atoms with van der Waals surface area (Å²) in [5, 5.41) is 13.7. The third kappa shape index (κ3) is 2.70. The lowest BCUT2D eigenvalue weighted by atomic mass is 10.0. The lowest BCUT2D eigenvalue weighted by Gasteiger charge is -2.34. The van der Waals surface area contributed by atoms with Crippen LogP contribution in [0, 0.1) is 6.92 Å². The van der Waals surface area contributed by atoms with Crippen molar-refractivity contribution in [1.82, 2.24) is 29.4 Å². The lowest BCUT2D eigenvalue weighted by molar-refractivity contribution is -0.134. The molecule has 0 aliphatic carbocycles. The third-order valence-electron chi connectivity index (χ3n) is 5.68. The van der Waals surface area contributed by atoms with Crippen molar-refractivity contribution in [3.63, 3.8) is 0 Å². The van der Waals surface area contributed by atoms with Crippen LogP contribution in [0.25, 0.3) is 10.8 Å². The van der Waals surface area contributed by atoms with E-state index in [1.807, 2.05) is 25.1 Å². The second-order valence-electron chi connectivity index (χ2n) is 7.48. The van der Waals surface area contributed by atoms with E-state index in [4.69, 9.17) is 4.74 Å². The first-order valence-corrected chi connectivity index (χ1v) is 9.30. The zero-order chi connectivity index (χ0) is 19.3. The van der Waals surface area contributed by atoms with Gasteiger partial charge in [-0.2, -0.15) is 5.10 Å². The summed E-state index contributed by atoms with van der Waals surface area (Å²) in [4.78, 5) is 27.2. The molecule has 4 heterocycles. The van der Waals surface area contributed by atoms with E-state index in [1.54, 1.807) is 17.2 Å². The fourth-order valence-corrected chi connectivity index (χ4v) is 4.06. The number of carbonyl (C=O) groups excluding carboxylic acids is 1. The van der Waals surface area contributed by atoms with Gasteiger partial charge >= 0.3 is 0 Å². The Kier molecular flexibility index (Phi) is 3.80. The van der Waals surface area contributed by atoms with Crippen LogP contribution >= 0.6 is 0 Å². The molecular formula is C19H20N6O3. The van der Waals surface area contributed by atoms with Gasteiger partial charge in [-0.1, -0.05) is 18.2 Å². The van der Waals surface area contributed by atoms with Crippen molar-refractivity contribution in [2.75, 3.05) is 13.1 Å². The van der Waals surface area contributed by atoms with Gasteiger partial charge in [-0.3, -0.25) is 9.59 Å². The summed E-state index contributed by atoms with van der Waals surface area (Å²) in [6, 6.07) is 7.25. The fraction of sp³-hybridized carbons (Fsp3) is 0.421. The van der Waals surface area contributed by atoms with Crippen molar-refractivity contribution in [3.8, 4) is 0 Å². The smallest absolute Gasteiger partial charge is 0.275 e. The van der Waals surface area contributed by atoms with Crippen LogP contribution in [0.3, 0.4) is 0 Å². The molecule has 1 saturated heterocycles. The highest BCUT2D eigenvalue weighted by Gasteiger charge is 2.44. The quantitative estimate of drug-likeness (QED) is 0.642. The van der Waals surface area contributed by atoms with Crippen molar-refractivity contribution < 1.29 is 9.53 Å². The Morgan fingerprint density at radius 3 is 3.00 bits per heavy atom. The van der Waals surface area contributed by atoms with Gasteiger partial charge in [0.1, 0.15) is 24.6 Å². The van der Waals surface area contributed by atoms with Gasteiger partial charge in [0.15, 0.2) is 5.82 Å². The predicted octanol–water partition coefficient (Wildman–Crippen LogP) is 0.498. The van der Waals surface area contributed by atoms with E-state index in [-0.39, 0.29) is 18.0 Å². The molecule has 3 aromatic rings. The maximum Gasteiger partial charge on any atom is 0.275 e. The van der Waals surface area contributed by atoms with Crippen molar-refractivity contribution in [2.24, 2.45) is 0 Å². The van der Waals surface area contributed by atoms with Crippen LogP contribution in [-0.2, 0) is 29.2 Å². The summed E-state index contributed by atoms with van der Waals surface area (Å²) in [6.07, 6.45) is 2.37. The highest BCUT2D eigenvalue weighted by Crippen LogP contribution is 2.32. The molecule has 144 valence electrons. The van der Waals surface area contributed by atoms with Crippen LogP contribution in [0.5, 0.6) is 0 Å². The second kappa shape index (κ2) is 6.23. The van der Waals surface area contributed by atoms with Crippen molar-refractivity contribution in [2.45, 2.75) is 38.6 Å². The van der Waals surface area contributed by atoms with Gasteiger partial charge in [-0.25, -0.2) is 4.68 Å². The Labute approximate surface area is 160 Å². The fourth-order valence-electron chi connectivity index (χ4n) is 4.06. The van der Waals surface area contributed by atoms with E-state index in [1.165, 1.54) is 4.68 Å². The normalized spacial score (nSPS) is 21.4. The number of carbonyl (C=O) groups is 1. The number of hydrogen-bond donors (Lipinski definition) is 0. The largest absolute Gasteiger partial charge is 0.363 e. The van der Waals surface area contributed by atoms with Crippen molar-refractivity contribution in [1.29, 1.82) is 0 Å². The molecule has 1 atom stereocenters. The Morgan fingerprint density at radius 2 is 2.11 bits per heavy atom. The van der Waals surface area contributed by atoms with Crippen LogP contribution in [0.1, 0.15) is 18.1 Å². The minimum absolute atomic E-state index is 0.0728. The number of likely N-dealkylation sites (tertiary alicyclic amines) is 1. The van der Waals surface area contributed by atoms with Crippen LogP contribution in [-0.4, -0.2) is 54.0 Å². The minimum atomic E-state index is -0.419. The number of amides is 1. The number of aryl methyl sites for hydroxylation is 1. The average molecular weight is 380 g/mol. The molecule has 1 unspecified atom stereocenters. The zero-order valence-corrected chi connectivity index (χ0v) is 15.5. The summed E-state index contributed by atoms with van der Waals surface area (Å²) < 4.78 is 9.37. The molecule has 1 fully saturated rings. The van der Waals surface area contributed by atoms with Gasteiger partial charge in [0.05, 0.1) is 24.7 Å².